The lowest BCUT2D eigenvalue weighted by Crippen LogP contribution is -2.51. The number of nitrogens with zero attached hydrogens (tertiary/aromatic N) is 4. The Labute approximate surface area is 154 Å². The van der Waals surface area contributed by atoms with Crippen LogP contribution in [0.2, 0.25) is 0 Å². The maximum atomic E-state index is 13.0. The Morgan fingerprint density at radius 3 is 2.23 bits per heavy atom. The smallest absolute Gasteiger partial charge is 0.257 e. The van der Waals surface area contributed by atoms with Gasteiger partial charge in [0.05, 0.1) is 23.1 Å². The molecule has 0 aliphatic carbocycles. The number of hydrogen-bond acceptors (Lipinski definition) is 3. The van der Waals surface area contributed by atoms with Crippen molar-refractivity contribution in [2.75, 3.05) is 26.2 Å². The molecule has 1 fully saturated rings. The summed E-state index contributed by atoms with van der Waals surface area (Å²) < 4.78 is 1.84. The lowest BCUT2D eigenvalue weighted by atomic mass is 10.1. The van der Waals surface area contributed by atoms with Gasteiger partial charge in [-0.05, 0) is 18.6 Å². The van der Waals surface area contributed by atoms with Gasteiger partial charge in [-0.2, -0.15) is 5.10 Å². The van der Waals surface area contributed by atoms with E-state index in [1.54, 1.807) is 6.20 Å². The van der Waals surface area contributed by atoms with Crippen LogP contribution in [0.3, 0.4) is 0 Å². The molecule has 2 heterocycles. The molecule has 0 N–H and O–H groups in total. The molecule has 0 saturated carbocycles. The van der Waals surface area contributed by atoms with Gasteiger partial charge in [-0.3, -0.25) is 9.59 Å². The summed E-state index contributed by atoms with van der Waals surface area (Å²) in [7, 11) is 0. The quantitative estimate of drug-likeness (QED) is 0.847. The zero-order valence-electron chi connectivity index (χ0n) is 15.7. The molecular formula is C20H26N4O2. The first kappa shape index (κ1) is 18.2. The molecule has 0 spiro atoms. The number of carbonyl (C=O) groups excluding carboxylic acids is 2. The van der Waals surface area contributed by atoms with E-state index in [1.807, 2.05) is 65.6 Å². The topological polar surface area (TPSA) is 58.4 Å². The van der Waals surface area contributed by atoms with Gasteiger partial charge in [0, 0.05) is 32.1 Å². The molecule has 1 aromatic carbocycles. The van der Waals surface area contributed by atoms with Crippen molar-refractivity contribution in [3.05, 3.63) is 47.8 Å². The molecule has 0 bridgehead atoms. The lowest BCUT2D eigenvalue weighted by molar-refractivity contribution is -0.135. The molecule has 1 aliphatic heterocycles. The number of piperazine rings is 1. The van der Waals surface area contributed by atoms with E-state index in [4.69, 9.17) is 0 Å². The van der Waals surface area contributed by atoms with Crippen LogP contribution in [0.1, 0.15) is 36.8 Å². The average molecular weight is 354 g/mol. The first-order valence-electron chi connectivity index (χ1n) is 9.23. The molecule has 0 radical (unpaired) electrons. The minimum absolute atomic E-state index is 0.000627. The summed E-state index contributed by atoms with van der Waals surface area (Å²) in [5, 5.41) is 4.44. The highest BCUT2D eigenvalue weighted by molar-refractivity contribution is 5.95. The number of para-hydroxylation sites is 1. The summed E-state index contributed by atoms with van der Waals surface area (Å²) in [6.07, 6.45) is 2.39. The largest absolute Gasteiger partial charge is 0.339 e. The molecule has 3 rings (SSSR count). The van der Waals surface area contributed by atoms with Crippen molar-refractivity contribution in [2.45, 2.75) is 27.2 Å². The van der Waals surface area contributed by atoms with Crippen LogP contribution in [0.25, 0.3) is 5.69 Å². The van der Waals surface area contributed by atoms with Crippen molar-refractivity contribution in [1.82, 2.24) is 19.6 Å². The van der Waals surface area contributed by atoms with E-state index in [0.717, 1.165) is 17.8 Å². The van der Waals surface area contributed by atoms with E-state index in [9.17, 15) is 9.59 Å². The number of rotatable bonds is 4. The van der Waals surface area contributed by atoms with Gasteiger partial charge in [0.25, 0.3) is 5.91 Å². The first-order valence-corrected chi connectivity index (χ1v) is 9.23. The normalized spacial score (nSPS) is 14.8. The fourth-order valence-electron chi connectivity index (χ4n) is 3.35. The van der Waals surface area contributed by atoms with E-state index >= 15 is 0 Å². The molecule has 26 heavy (non-hydrogen) atoms. The lowest BCUT2D eigenvalue weighted by Gasteiger charge is -2.35. The van der Waals surface area contributed by atoms with Crippen molar-refractivity contribution in [1.29, 1.82) is 0 Å². The van der Waals surface area contributed by atoms with Gasteiger partial charge in [0.15, 0.2) is 0 Å². The third-order valence-corrected chi connectivity index (χ3v) is 4.81. The van der Waals surface area contributed by atoms with Gasteiger partial charge in [-0.25, -0.2) is 4.68 Å². The minimum atomic E-state index is -0.00644. The van der Waals surface area contributed by atoms with Gasteiger partial charge in [-0.1, -0.05) is 39.0 Å². The van der Waals surface area contributed by atoms with E-state index < -0.39 is 0 Å². The highest BCUT2D eigenvalue weighted by Crippen LogP contribution is 2.18. The Morgan fingerprint density at radius 1 is 1.04 bits per heavy atom. The Kier molecular flexibility index (Phi) is 5.40. The predicted octanol–water partition coefficient (Wildman–Crippen LogP) is 2.38. The SMILES string of the molecule is CCc1c(C(=O)N2CCN(C(=O)C(C)C)CC2)cnn1-c1ccccc1. The summed E-state index contributed by atoms with van der Waals surface area (Å²) in [5.41, 5.74) is 2.53. The number of aromatic nitrogens is 2. The van der Waals surface area contributed by atoms with Crippen LogP contribution in [0, 0.1) is 5.92 Å². The first-order chi connectivity index (χ1) is 12.5. The van der Waals surface area contributed by atoms with Crippen LogP contribution in [0.4, 0.5) is 0 Å². The fraction of sp³-hybridized carbons (Fsp3) is 0.450. The van der Waals surface area contributed by atoms with Crippen molar-refractivity contribution in [3.63, 3.8) is 0 Å². The summed E-state index contributed by atoms with van der Waals surface area (Å²) in [4.78, 5) is 28.8. The third-order valence-electron chi connectivity index (χ3n) is 4.81. The Bertz CT molecular complexity index is 774. The van der Waals surface area contributed by atoms with Gasteiger partial charge in [-0.15, -0.1) is 0 Å². The number of amides is 2. The summed E-state index contributed by atoms with van der Waals surface area (Å²) in [6.45, 7) is 8.17. The summed E-state index contributed by atoms with van der Waals surface area (Å²) >= 11 is 0. The molecule has 6 nitrogen and oxygen atoms in total. The van der Waals surface area contributed by atoms with Crippen LogP contribution >= 0.6 is 0 Å². The zero-order chi connectivity index (χ0) is 18.7. The molecule has 2 aromatic rings. The van der Waals surface area contributed by atoms with Crippen molar-refractivity contribution in [3.8, 4) is 5.69 Å². The molecule has 138 valence electrons. The minimum Gasteiger partial charge on any atom is -0.339 e. The van der Waals surface area contributed by atoms with Crippen molar-refractivity contribution in [2.24, 2.45) is 5.92 Å². The fourth-order valence-corrected chi connectivity index (χ4v) is 3.35. The second kappa shape index (κ2) is 7.72. The van der Waals surface area contributed by atoms with Crippen LogP contribution in [-0.4, -0.2) is 57.6 Å². The molecule has 0 atom stereocenters. The van der Waals surface area contributed by atoms with Gasteiger partial charge in [0.1, 0.15) is 0 Å². The monoisotopic (exact) mass is 354 g/mol. The molecule has 1 aliphatic rings. The highest BCUT2D eigenvalue weighted by atomic mass is 16.2. The predicted molar refractivity (Wildman–Crippen MR) is 100 cm³/mol. The summed E-state index contributed by atoms with van der Waals surface area (Å²) in [6, 6.07) is 9.85. The maximum Gasteiger partial charge on any atom is 0.257 e. The van der Waals surface area contributed by atoms with E-state index in [2.05, 4.69) is 5.10 Å². The van der Waals surface area contributed by atoms with Crippen molar-refractivity contribution < 1.29 is 9.59 Å². The standard InChI is InChI=1S/C20H26N4O2/c1-4-18-17(14-21-24(18)16-8-6-5-7-9-16)20(26)23-12-10-22(11-13-23)19(25)15(2)3/h5-9,14-15H,4,10-13H2,1-3H3. The van der Waals surface area contributed by atoms with Crippen LogP contribution in [-0.2, 0) is 11.2 Å². The Morgan fingerprint density at radius 2 is 1.65 bits per heavy atom. The van der Waals surface area contributed by atoms with E-state index in [-0.39, 0.29) is 17.7 Å². The second-order valence-electron chi connectivity index (χ2n) is 6.88. The van der Waals surface area contributed by atoms with Crippen LogP contribution in [0.15, 0.2) is 36.5 Å². The second-order valence-corrected chi connectivity index (χ2v) is 6.88. The molecule has 1 saturated heterocycles. The third kappa shape index (κ3) is 3.49. The van der Waals surface area contributed by atoms with Gasteiger partial charge in [0.2, 0.25) is 5.91 Å². The van der Waals surface area contributed by atoms with E-state index in [0.29, 0.717) is 31.7 Å². The zero-order valence-corrected chi connectivity index (χ0v) is 15.7. The van der Waals surface area contributed by atoms with Gasteiger partial charge < -0.3 is 9.80 Å². The Hall–Kier alpha value is -2.63. The maximum absolute atomic E-state index is 13.0. The van der Waals surface area contributed by atoms with Crippen molar-refractivity contribution >= 4 is 11.8 Å². The van der Waals surface area contributed by atoms with Gasteiger partial charge >= 0.3 is 0 Å². The van der Waals surface area contributed by atoms with Crippen LogP contribution < -0.4 is 0 Å². The van der Waals surface area contributed by atoms with E-state index in [1.165, 1.54) is 0 Å². The Balaban J connectivity index is 1.75. The molecule has 0 unspecified atom stereocenters. The summed E-state index contributed by atoms with van der Waals surface area (Å²) in [5.74, 6) is 0.150. The molecule has 6 heteroatoms. The molecule has 1 aromatic heterocycles. The van der Waals surface area contributed by atoms with Crippen LogP contribution in [0.5, 0.6) is 0 Å². The molecule has 2 amide bonds. The highest BCUT2D eigenvalue weighted by Gasteiger charge is 2.28. The number of carbonyl (C=O) groups is 2. The molecular weight excluding hydrogens is 328 g/mol. The number of hydrogen-bond donors (Lipinski definition) is 0. The number of benzene rings is 1. The average Bonchev–Trinajstić information content (AvgIpc) is 3.11.